The number of fused-ring (bicyclic) bond motifs is 1. The molecule has 0 aliphatic rings. The lowest BCUT2D eigenvalue weighted by Crippen LogP contribution is -2.37. The summed E-state index contributed by atoms with van der Waals surface area (Å²) in [7, 11) is 2.80. The molecule has 0 aliphatic carbocycles. The third-order valence-corrected chi connectivity index (χ3v) is 5.55. The molecule has 3 rings (SSSR count). The summed E-state index contributed by atoms with van der Waals surface area (Å²) in [5, 5.41) is 9.55. The van der Waals surface area contributed by atoms with Gasteiger partial charge in [0.25, 0.3) is 5.56 Å². The standard InChI is InChI=1S/C16H15ClN6O4S/c1-4-27-14(25)10-8(7(5-18)11(19)28-10)6-23-9-12(20-15(23)17)21(2)16(26)22(3)13(9)24/h4,6,19H2,1-3H3. The summed E-state index contributed by atoms with van der Waals surface area (Å²) in [5.41, 5.74) is 5.28. The monoisotopic (exact) mass is 422 g/mol. The van der Waals surface area contributed by atoms with E-state index in [9.17, 15) is 19.6 Å². The second-order valence-corrected chi connectivity index (χ2v) is 7.22. The smallest absolute Gasteiger partial charge is 0.348 e. The molecule has 0 radical (unpaired) electrons. The number of aromatic nitrogens is 4. The lowest BCUT2D eigenvalue weighted by Gasteiger charge is -2.09. The zero-order valence-corrected chi connectivity index (χ0v) is 16.7. The van der Waals surface area contributed by atoms with Crippen molar-refractivity contribution in [1.82, 2.24) is 18.7 Å². The first kappa shape index (κ1) is 19.7. The summed E-state index contributed by atoms with van der Waals surface area (Å²) in [4.78, 5) is 41.3. The zero-order valence-electron chi connectivity index (χ0n) is 15.1. The zero-order chi connectivity index (χ0) is 20.7. The van der Waals surface area contributed by atoms with Gasteiger partial charge in [0, 0.05) is 19.7 Å². The lowest BCUT2D eigenvalue weighted by atomic mass is 10.1. The van der Waals surface area contributed by atoms with E-state index in [2.05, 4.69) is 4.98 Å². The number of imidazole rings is 1. The van der Waals surface area contributed by atoms with Crippen LogP contribution in [0.4, 0.5) is 5.00 Å². The summed E-state index contributed by atoms with van der Waals surface area (Å²) in [5.74, 6) is -0.628. The molecule has 0 saturated heterocycles. The largest absolute Gasteiger partial charge is 0.462 e. The summed E-state index contributed by atoms with van der Waals surface area (Å²) in [6, 6.07) is 1.97. The van der Waals surface area contributed by atoms with Gasteiger partial charge in [0.1, 0.15) is 15.9 Å². The molecular weight excluding hydrogens is 408 g/mol. The van der Waals surface area contributed by atoms with E-state index in [1.54, 1.807) is 6.92 Å². The van der Waals surface area contributed by atoms with Gasteiger partial charge < -0.3 is 15.0 Å². The first-order valence-corrected chi connectivity index (χ1v) is 9.22. The number of carbonyl (C=O) groups is 1. The second kappa shape index (κ2) is 7.14. The van der Waals surface area contributed by atoms with E-state index in [4.69, 9.17) is 22.1 Å². The number of aryl methyl sites for hydroxylation is 1. The van der Waals surface area contributed by atoms with Crippen LogP contribution in [0, 0.1) is 11.3 Å². The molecule has 0 spiro atoms. The Hall–Kier alpha value is -3.10. The van der Waals surface area contributed by atoms with Crippen molar-refractivity contribution in [1.29, 1.82) is 5.26 Å². The summed E-state index contributed by atoms with van der Waals surface area (Å²) in [6.07, 6.45) is 0. The Balaban J connectivity index is 2.29. The number of nitrogen functional groups attached to an aromatic ring is 1. The molecule has 3 heterocycles. The van der Waals surface area contributed by atoms with Crippen LogP contribution >= 0.6 is 22.9 Å². The van der Waals surface area contributed by atoms with Crippen LogP contribution in [0.25, 0.3) is 11.2 Å². The molecule has 2 N–H and O–H groups in total. The Morgan fingerprint density at radius 3 is 2.64 bits per heavy atom. The molecule has 0 saturated carbocycles. The van der Waals surface area contributed by atoms with Crippen LogP contribution in [-0.2, 0) is 25.4 Å². The van der Waals surface area contributed by atoms with E-state index >= 15 is 0 Å². The van der Waals surface area contributed by atoms with Crippen molar-refractivity contribution in [3.05, 3.63) is 42.1 Å². The summed E-state index contributed by atoms with van der Waals surface area (Å²) < 4.78 is 8.49. The third kappa shape index (κ3) is 2.87. The normalized spacial score (nSPS) is 11.0. The molecule has 3 aromatic rings. The highest BCUT2D eigenvalue weighted by molar-refractivity contribution is 7.18. The number of thiophene rings is 1. The quantitative estimate of drug-likeness (QED) is 0.485. The minimum atomic E-state index is -0.628. The number of anilines is 1. The van der Waals surface area contributed by atoms with Gasteiger partial charge in [-0.05, 0) is 18.5 Å². The predicted octanol–water partition coefficient (Wildman–Crippen LogP) is 0.827. The average Bonchev–Trinajstić information content (AvgIpc) is 3.16. The molecule has 12 heteroatoms. The fourth-order valence-corrected chi connectivity index (χ4v) is 3.99. The Morgan fingerprint density at radius 2 is 2.04 bits per heavy atom. The van der Waals surface area contributed by atoms with Gasteiger partial charge >= 0.3 is 11.7 Å². The van der Waals surface area contributed by atoms with E-state index in [1.807, 2.05) is 6.07 Å². The molecule has 0 bridgehead atoms. The van der Waals surface area contributed by atoms with Crippen molar-refractivity contribution in [2.24, 2.45) is 14.1 Å². The van der Waals surface area contributed by atoms with E-state index in [1.165, 1.54) is 23.2 Å². The number of esters is 1. The molecule has 0 aromatic carbocycles. The molecular formula is C16H15ClN6O4S. The summed E-state index contributed by atoms with van der Waals surface area (Å²) in [6.45, 7) is 1.69. The van der Waals surface area contributed by atoms with Crippen LogP contribution < -0.4 is 17.0 Å². The van der Waals surface area contributed by atoms with Gasteiger partial charge in [0.15, 0.2) is 11.2 Å². The SMILES string of the molecule is CCOC(=O)c1sc(N)c(C#N)c1Cn1c(Cl)nc2c1c(=O)n(C)c(=O)n2C. The lowest BCUT2D eigenvalue weighted by molar-refractivity contribution is 0.0531. The predicted molar refractivity (Wildman–Crippen MR) is 104 cm³/mol. The number of rotatable bonds is 4. The number of hydrogen-bond donors (Lipinski definition) is 1. The van der Waals surface area contributed by atoms with Crippen molar-refractivity contribution in [3.8, 4) is 6.07 Å². The third-order valence-electron chi connectivity index (χ3n) is 4.22. The first-order valence-electron chi connectivity index (χ1n) is 8.02. The number of nitriles is 1. The van der Waals surface area contributed by atoms with Crippen molar-refractivity contribution >= 4 is 45.1 Å². The highest BCUT2D eigenvalue weighted by Gasteiger charge is 2.26. The van der Waals surface area contributed by atoms with E-state index < -0.39 is 17.2 Å². The average molecular weight is 423 g/mol. The molecule has 0 fully saturated rings. The van der Waals surface area contributed by atoms with Gasteiger partial charge in [0.05, 0.1) is 18.7 Å². The van der Waals surface area contributed by atoms with Crippen LogP contribution in [0.5, 0.6) is 0 Å². The Labute approximate surface area is 166 Å². The highest BCUT2D eigenvalue weighted by atomic mass is 35.5. The van der Waals surface area contributed by atoms with E-state index in [0.717, 1.165) is 15.9 Å². The minimum Gasteiger partial charge on any atom is -0.462 e. The molecule has 146 valence electrons. The van der Waals surface area contributed by atoms with Crippen LogP contribution in [-0.4, -0.2) is 31.3 Å². The second-order valence-electron chi connectivity index (χ2n) is 5.83. The number of ether oxygens (including phenoxy) is 1. The van der Waals surface area contributed by atoms with Crippen LogP contribution in [0.3, 0.4) is 0 Å². The fraction of sp³-hybridized carbons (Fsp3) is 0.312. The minimum absolute atomic E-state index is 0.0677. The topological polar surface area (TPSA) is 138 Å². The van der Waals surface area contributed by atoms with E-state index in [0.29, 0.717) is 0 Å². The van der Waals surface area contributed by atoms with Crippen molar-refractivity contribution in [2.75, 3.05) is 12.3 Å². The first-order chi connectivity index (χ1) is 13.2. The molecule has 0 atom stereocenters. The Morgan fingerprint density at radius 1 is 1.36 bits per heavy atom. The van der Waals surface area contributed by atoms with Gasteiger partial charge in [-0.15, -0.1) is 11.3 Å². The van der Waals surface area contributed by atoms with Crippen LogP contribution in [0.15, 0.2) is 9.59 Å². The maximum atomic E-state index is 12.7. The van der Waals surface area contributed by atoms with Crippen LogP contribution in [0.2, 0.25) is 5.28 Å². The van der Waals surface area contributed by atoms with Gasteiger partial charge in [-0.1, -0.05) is 0 Å². The number of nitrogens with two attached hydrogens (primary N) is 1. The molecule has 0 aliphatic heterocycles. The van der Waals surface area contributed by atoms with Crippen molar-refractivity contribution in [2.45, 2.75) is 13.5 Å². The number of carbonyl (C=O) groups excluding carboxylic acids is 1. The van der Waals surface area contributed by atoms with E-state index in [-0.39, 0.29) is 50.6 Å². The summed E-state index contributed by atoms with van der Waals surface area (Å²) >= 11 is 7.15. The van der Waals surface area contributed by atoms with Gasteiger partial charge in [-0.25, -0.2) is 9.59 Å². The molecule has 0 unspecified atom stereocenters. The van der Waals surface area contributed by atoms with Gasteiger partial charge in [0.2, 0.25) is 5.28 Å². The molecule has 10 nitrogen and oxygen atoms in total. The number of nitrogens with zero attached hydrogens (tertiary/aromatic N) is 5. The Kier molecular flexibility index (Phi) is 5.01. The van der Waals surface area contributed by atoms with Crippen molar-refractivity contribution < 1.29 is 9.53 Å². The van der Waals surface area contributed by atoms with Gasteiger partial charge in [-0.3, -0.25) is 13.9 Å². The maximum absolute atomic E-state index is 12.7. The highest BCUT2D eigenvalue weighted by Crippen LogP contribution is 2.33. The molecule has 0 amide bonds. The van der Waals surface area contributed by atoms with Crippen LogP contribution in [0.1, 0.15) is 27.7 Å². The molecule has 3 aromatic heterocycles. The van der Waals surface area contributed by atoms with Gasteiger partial charge in [-0.2, -0.15) is 10.2 Å². The number of halogens is 1. The fourth-order valence-electron chi connectivity index (χ4n) is 2.84. The molecule has 28 heavy (non-hydrogen) atoms. The van der Waals surface area contributed by atoms with Crippen molar-refractivity contribution in [3.63, 3.8) is 0 Å². The maximum Gasteiger partial charge on any atom is 0.348 e. The number of hydrogen-bond acceptors (Lipinski definition) is 8. The Bertz CT molecular complexity index is 1280.